The van der Waals surface area contributed by atoms with Crippen LogP contribution in [0, 0.1) is 5.92 Å². The van der Waals surface area contributed by atoms with Gasteiger partial charge in [-0.1, -0.05) is 13.8 Å². The van der Waals surface area contributed by atoms with Gasteiger partial charge in [-0.05, 0) is 18.1 Å². The number of sulfonamides is 1. The molecule has 5 nitrogen and oxygen atoms in total. The summed E-state index contributed by atoms with van der Waals surface area (Å²) in [6.45, 7) is 4.25. The molecule has 6 heteroatoms. The van der Waals surface area contributed by atoms with E-state index >= 15 is 0 Å². The number of rotatable bonds is 5. The van der Waals surface area contributed by atoms with E-state index in [-0.39, 0.29) is 16.8 Å². The predicted octanol–water partition coefficient (Wildman–Crippen LogP) is 1.37. The molecule has 1 heterocycles. The number of hydrogen-bond acceptors (Lipinski definition) is 4. The molecule has 0 fully saturated rings. The lowest BCUT2D eigenvalue weighted by Crippen LogP contribution is -2.30. The Kier molecular flexibility index (Phi) is 3.88. The Morgan fingerprint density at radius 2 is 2.06 bits per heavy atom. The highest BCUT2D eigenvalue weighted by Crippen LogP contribution is 2.17. The van der Waals surface area contributed by atoms with Gasteiger partial charge in [0.1, 0.15) is 0 Å². The number of aldehydes is 1. The highest BCUT2D eigenvalue weighted by Gasteiger charge is 2.24. The van der Waals surface area contributed by atoms with Gasteiger partial charge >= 0.3 is 0 Å². The molecule has 0 bridgehead atoms. The molecule has 0 saturated carbocycles. The first-order valence-electron chi connectivity index (χ1n) is 4.89. The maximum absolute atomic E-state index is 11.9. The second-order valence-corrected chi connectivity index (χ2v) is 5.93. The number of hydrogen-bond donors (Lipinski definition) is 0. The van der Waals surface area contributed by atoms with E-state index in [0.717, 1.165) is 0 Å². The van der Waals surface area contributed by atoms with Crippen molar-refractivity contribution >= 4 is 16.3 Å². The van der Waals surface area contributed by atoms with E-state index in [1.807, 2.05) is 13.8 Å². The van der Waals surface area contributed by atoms with E-state index in [2.05, 4.69) is 0 Å². The van der Waals surface area contributed by atoms with Gasteiger partial charge in [-0.2, -0.15) is 4.31 Å². The Bertz CT molecular complexity index is 461. The van der Waals surface area contributed by atoms with Crippen LogP contribution in [0.1, 0.15) is 24.4 Å². The molecular weight excluding hydrogens is 230 g/mol. The molecule has 90 valence electrons. The second-order valence-electron chi connectivity index (χ2n) is 3.95. The van der Waals surface area contributed by atoms with Gasteiger partial charge in [-0.25, -0.2) is 8.42 Å². The zero-order chi connectivity index (χ0) is 12.3. The standard InChI is InChI=1S/C10H15NO4S/c1-8(2)6-11(3)16(13,14)10-5-4-9(7-12)15-10/h4-5,7-8H,6H2,1-3H3. The molecule has 0 aliphatic rings. The maximum Gasteiger partial charge on any atom is 0.276 e. The van der Waals surface area contributed by atoms with Crippen molar-refractivity contribution < 1.29 is 17.6 Å². The molecule has 1 aromatic heterocycles. The molecule has 1 aromatic rings. The van der Waals surface area contributed by atoms with Gasteiger partial charge in [0.2, 0.25) is 5.09 Å². The molecule has 0 N–H and O–H groups in total. The summed E-state index contributed by atoms with van der Waals surface area (Å²) in [6.07, 6.45) is 0.474. The lowest BCUT2D eigenvalue weighted by Gasteiger charge is -2.17. The lowest BCUT2D eigenvalue weighted by molar-refractivity contribution is 0.109. The smallest absolute Gasteiger partial charge is 0.276 e. The van der Waals surface area contributed by atoms with Crippen molar-refractivity contribution in [2.24, 2.45) is 5.92 Å². The van der Waals surface area contributed by atoms with Crippen LogP contribution in [0.5, 0.6) is 0 Å². The van der Waals surface area contributed by atoms with Crippen molar-refractivity contribution in [2.45, 2.75) is 18.9 Å². The molecule has 0 radical (unpaired) electrons. The van der Waals surface area contributed by atoms with Crippen molar-refractivity contribution in [3.8, 4) is 0 Å². The summed E-state index contributed by atoms with van der Waals surface area (Å²) in [5.41, 5.74) is 0. The van der Waals surface area contributed by atoms with Crippen LogP contribution in [0.4, 0.5) is 0 Å². The quantitative estimate of drug-likeness (QED) is 0.735. The number of furan rings is 1. The van der Waals surface area contributed by atoms with Crippen LogP contribution in [0.2, 0.25) is 0 Å². The van der Waals surface area contributed by atoms with Gasteiger partial charge in [0, 0.05) is 13.6 Å². The van der Waals surface area contributed by atoms with Crippen LogP contribution in [-0.4, -0.2) is 32.6 Å². The zero-order valence-electron chi connectivity index (χ0n) is 9.50. The minimum Gasteiger partial charge on any atom is -0.440 e. The molecule has 0 saturated heterocycles. The Morgan fingerprint density at radius 3 is 2.50 bits per heavy atom. The highest BCUT2D eigenvalue weighted by atomic mass is 32.2. The van der Waals surface area contributed by atoms with Crippen molar-refractivity contribution in [2.75, 3.05) is 13.6 Å². The SMILES string of the molecule is CC(C)CN(C)S(=O)(=O)c1ccc(C=O)o1. The van der Waals surface area contributed by atoms with Crippen molar-refractivity contribution in [1.82, 2.24) is 4.31 Å². The first kappa shape index (κ1) is 12.9. The summed E-state index contributed by atoms with van der Waals surface area (Å²) < 4.78 is 29.9. The number of carbonyl (C=O) groups is 1. The molecule has 0 aromatic carbocycles. The Balaban J connectivity index is 2.97. The van der Waals surface area contributed by atoms with Crippen LogP contribution in [0.25, 0.3) is 0 Å². The van der Waals surface area contributed by atoms with Gasteiger partial charge in [0.15, 0.2) is 12.0 Å². The molecule has 0 amide bonds. The number of nitrogens with zero attached hydrogens (tertiary/aromatic N) is 1. The lowest BCUT2D eigenvalue weighted by atomic mass is 10.2. The molecule has 0 unspecified atom stereocenters. The average molecular weight is 245 g/mol. The third-order valence-electron chi connectivity index (χ3n) is 2.01. The van der Waals surface area contributed by atoms with E-state index in [1.165, 1.54) is 23.5 Å². The third-order valence-corrected chi connectivity index (χ3v) is 3.70. The predicted molar refractivity (Wildman–Crippen MR) is 58.7 cm³/mol. The normalized spacial score (nSPS) is 12.3. The van der Waals surface area contributed by atoms with Crippen LogP contribution in [0.15, 0.2) is 21.6 Å². The number of carbonyl (C=O) groups excluding carboxylic acids is 1. The summed E-state index contributed by atoms with van der Waals surface area (Å²) in [7, 11) is -2.13. The van der Waals surface area contributed by atoms with Crippen LogP contribution in [-0.2, 0) is 10.0 Å². The highest BCUT2D eigenvalue weighted by molar-refractivity contribution is 7.89. The largest absolute Gasteiger partial charge is 0.440 e. The summed E-state index contributed by atoms with van der Waals surface area (Å²) in [5.74, 6) is 0.233. The Hall–Kier alpha value is -1.14. The van der Waals surface area contributed by atoms with Gasteiger partial charge in [0.25, 0.3) is 10.0 Å². The van der Waals surface area contributed by atoms with Gasteiger partial charge in [-0.15, -0.1) is 0 Å². The summed E-state index contributed by atoms with van der Waals surface area (Å²) in [5, 5.41) is -0.197. The fraction of sp³-hybridized carbons (Fsp3) is 0.500. The second kappa shape index (κ2) is 4.80. The molecule has 0 aliphatic carbocycles. The van der Waals surface area contributed by atoms with E-state index < -0.39 is 10.0 Å². The van der Waals surface area contributed by atoms with Crippen LogP contribution < -0.4 is 0 Å². The summed E-state index contributed by atoms with van der Waals surface area (Å²) in [6, 6.07) is 2.62. The molecule has 0 spiro atoms. The fourth-order valence-corrected chi connectivity index (χ4v) is 2.55. The fourth-order valence-electron chi connectivity index (χ4n) is 1.30. The molecule has 16 heavy (non-hydrogen) atoms. The van der Waals surface area contributed by atoms with E-state index in [1.54, 1.807) is 0 Å². The maximum atomic E-state index is 11.9. The Labute approximate surface area is 95.1 Å². The summed E-state index contributed by atoms with van der Waals surface area (Å²) >= 11 is 0. The van der Waals surface area contributed by atoms with E-state index in [0.29, 0.717) is 12.8 Å². The topological polar surface area (TPSA) is 67.6 Å². The van der Waals surface area contributed by atoms with Gasteiger partial charge in [-0.3, -0.25) is 4.79 Å². The summed E-state index contributed by atoms with van der Waals surface area (Å²) in [4.78, 5) is 10.4. The first-order chi connectivity index (χ1) is 7.37. The average Bonchev–Trinajstić information content (AvgIpc) is 2.65. The molecular formula is C10H15NO4S. The van der Waals surface area contributed by atoms with Crippen molar-refractivity contribution in [3.63, 3.8) is 0 Å². The Morgan fingerprint density at radius 1 is 1.44 bits per heavy atom. The zero-order valence-corrected chi connectivity index (χ0v) is 10.3. The van der Waals surface area contributed by atoms with Crippen molar-refractivity contribution in [1.29, 1.82) is 0 Å². The minimum atomic E-state index is -3.62. The monoisotopic (exact) mass is 245 g/mol. The van der Waals surface area contributed by atoms with Crippen LogP contribution in [0.3, 0.4) is 0 Å². The van der Waals surface area contributed by atoms with Gasteiger partial charge in [0.05, 0.1) is 0 Å². The minimum absolute atomic E-state index is 0.0107. The van der Waals surface area contributed by atoms with E-state index in [4.69, 9.17) is 4.42 Å². The first-order valence-corrected chi connectivity index (χ1v) is 6.33. The van der Waals surface area contributed by atoms with E-state index in [9.17, 15) is 13.2 Å². The molecule has 1 rings (SSSR count). The van der Waals surface area contributed by atoms with Crippen LogP contribution >= 0.6 is 0 Å². The van der Waals surface area contributed by atoms with Gasteiger partial charge < -0.3 is 4.42 Å². The third kappa shape index (κ3) is 2.70. The molecule has 0 atom stereocenters. The van der Waals surface area contributed by atoms with Crippen molar-refractivity contribution in [3.05, 3.63) is 17.9 Å². The molecule has 0 aliphatic heterocycles.